The van der Waals surface area contributed by atoms with Gasteiger partial charge in [0.2, 0.25) is 0 Å². The van der Waals surface area contributed by atoms with E-state index in [0.29, 0.717) is 6.04 Å². The van der Waals surface area contributed by atoms with Gasteiger partial charge in [0.1, 0.15) is 0 Å². The molecule has 0 radical (unpaired) electrons. The highest BCUT2D eigenvalue weighted by molar-refractivity contribution is 9.10. The zero-order valence-corrected chi connectivity index (χ0v) is 12.2. The van der Waals surface area contributed by atoms with Gasteiger partial charge in [-0.15, -0.1) is 0 Å². The fraction of sp³-hybridized carbons (Fsp3) is 0.375. The lowest BCUT2D eigenvalue weighted by Crippen LogP contribution is -2.29. The average molecular weight is 304 g/mol. The summed E-state index contributed by atoms with van der Waals surface area (Å²) in [6.07, 6.45) is 4.10. The van der Waals surface area contributed by atoms with Gasteiger partial charge < -0.3 is 5.32 Å². The van der Waals surface area contributed by atoms with E-state index in [1.165, 1.54) is 40.1 Å². The fourth-order valence-corrected chi connectivity index (χ4v) is 3.45. The Kier molecular flexibility index (Phi) is 3.40. The Morgan fingerprint density at radius 2 is 1.83 bits per heavy atom. The molecule has 3 rings (SSSR count). The molecule has 1 aliphatic rings. The highest BCUT2D eigenvalue weighted by Gasteiger charge is 2.28. The van der Waals surface area contributed by atoms with E-state index in [4.69, 9.17) is 0 Å². The van der Waals surface area contributed by atoms with Crippen molar-refractivity contribution in [1.82, 2.24) is 5.32 Å². The highest BCUT2D eigenvalue weighted by atomic mass is 79.9. The van der Waals surface area contributed by atoms with Crippen molar-refractivity contribution in [2.75, 3.05) is 7.05 Å². The molecule has 1 aliphatic carbocycles. The van der Waals surface area contributed by atoms with Crippen molar-refractivity contribution in [2.24, 2.45) is 5.92 Å². The van der Waals surface area contributed by atoms with Crippen LogP contribution in [-0.2, 0) is 0 Å². The van der Waals surface area contributed by atoms with Gasteiger partial charge in [-0.2, -0.15) is 0 Å². The van der Waals surface area contributed by atoms with Crippen LogP contribution in [0.25, 0.3) is 10.8 Å². The molecule has 1 unspecified atom stereocenters. The van der Waals surface area contributed by atoms with Gasteiger partial charge in [0.15, 0.2) is 0 Å². The molecule has 2 aromatic carbocycles. The van der Waals surface area contributed by atoms with Crippen molar-refractivity contribution in [1.29, 1.82) is 0 Å². The molecule has 1 fully saturated rings. The zero-order chi connectivity index (χ0) is 12.5. The molecule has 2 heteroatoms. The second-order valence-electron chi connectivity index (χ2n) is 5.14. The number of fused-ring (bicyclic) bond motifs is 1. The summed E-state index contributed by atoms with van der Waals surface area (Å²) in [5.41, 5.74) is 1.45. The summed E-state index contributed by atoms with van der Waals surface area (Å²) >= 11 is 3.65. The summed E-state index contributed by atoms with van der Waals surface area (Å²) in [6, 6.07) is 13.6. The summed E-state index contributed by atoms with van der Waals surface area (Å²) in [6.45, 7) is 0. The third-order valence-electron chi connectivity index (χ3n) is 4.17. The van der Waals surface area contributed by atoms with Crippen LogP contribution in [0.4, 0.5) is 0 Å². The van der Waals surface area contributed by atoms with E-state index in [0.717, 1.165) is 5.92 Å². The van der Waals surface area contributed by atoms with Gasteiger partial charge in [0.25, 0.3) is 0 Å². The van der Waals surface area contributed by atoms with Crippen LogP contribution in [0.2, 0.25) is 0 Å². The van der Waals surface area contributed by atoms with Crippen molar-refractivity contribution in [3.8, 4) is 0 Å². The summed E-state index contributed by atoms with van der Waals surface area (Å²) < 4.78 is 1.19. The van der Waals surface area contributed by atoms with Gasteiger partial charge in [-0.1, -0.05) is 52.7 Å². The number of benzene rings is 2. The monoisotopic (exact) mass is 303 g/mol. The van der Waals surface area contributed by atoms with Crippen LogP contribution in [0.15, 0.2) is 40.9 Å². The maximum atomic E-state index is 3.65. The van der Waals surface area contributed by atoms with Crippen molar-refractivity contribution in [2.45, 2.75) is 25.3 Å². The minimum absolute atomic E-state index is 0.497. The van der Waals surface area contributed by atoms with Gasteiger partial charge in [0, 0.05) is 10.5 Å². The number of rotatable bonds is 3. The second-order valence-corrected chi connectivity index (χ2v) is 5.99. The van der Waals surface area contributed by atoms with E-state index in [1.54, 1.807) is 0 Å². The molecule has 0 heterocycles. The van der Waals surface area contributed by atoms with Crippen LogP contribution in [0, 0.1) is 5.92 Å². The molecule has 1 N–H and O–H groups in total. The van der Waals surface area contributed by atoms with E-state index >= 15 is 0 Å². The quantitative estimate of drug-likeness (QED) is 0.869. The van der Waals surface area contributed by atoms with Crippen LogP contribution in [0.5, 0.6) is 0 Å². The largest absolute Gasteiger partial charge is 0.313 e. The molecule has 0 saturated heterocycles. The lowest BCUT2D eigenvalue weighted by molar-refractivity contribution is 0.240. The Bertz CT molecular complexity index is 560. The maximum absolute atomic E-state index is 3.65. The Labute approximate surface area is 117 Å². The SMILES string of the molecule is CNC(c1ccc(Br)c2ccccc12)C1CCC1. The lowest BCUT2D eigenvalue weighted by atomic mass is 9.76. The minimum atomic E-state index is 0.497. The van der Waals surface area contributed by atoms with Gasteiger partial charge in [-0.05, 0) is 48.2 Å². The molecular formula is C16H18BrN. The Morgan fingerprint density at radius 3 is 2.44 bits per heavy atom. The van der Waals surface area contributed by atoms with E-state index in [-0.39, 0.29) is 0 Å². The van der Waals surface area contributed by atoms with E-state index in [2.05, 4.69) is 64.7 Å². The smallest absolute Gasteiger partial charge is 0.0352 e. The topological polar surface area (TPSA) is 12.0 Å². The zero-order valence-electron chi connectivity index (χ0n) is 10.6. The minimum Gasteiger partial charge on any atom is -0.313 e. The Hall–Kier alpha value is -0.860. The van der Waals surface area contributed by atoms with Crippen LogP contribution in [0.1, 0.15) is 30.9 Å². The molecule has 0 amide bonds. The lowest BCUT2D eigenvalue weighted by Gasteiger charge is -2.34. The Morgan fingerprint density at radius 1 is 1.11 bits per heavy atom. The first-order chi connectivity index (χ1) is 8.81. The standard InChI is InChI=1S/C16H18BrN/c1-18-16(11-5-4-6-11)14-9-10-15(17)13-8-3-2-7-12(13)14/h2-3,7-11,16,18H,4-6H2,1H3. The first-order valence-electron chi connectivity index (χ1n) is 6.65. The average Bonchev–Trinajstić information content (AvgIpc) is 2.35. The number of nitrogens with one attached hydrogen (secondary N) is 1. The molecular weight excluding hydrogens is 286 g/mol. The first-order valence-corrected chi connectivity index (χ1v) is 7.45. The molecule has 2 aromatic rings. The molecule has 18 heavy (non-hydrogen) atoms. The van der Waals surface area contributed by atoms with Crippen LogP contribution < -0.4 is 5.32 Å². The van der Waals surface area contributed by atoms with Crippen molar-refractivity contribution >= 4 is 26.7 Å². The summed E-state index contributed by atoms with van der Waals surface area (Å²) in [7, 11) is 2.08. The van der Waals surface area contributed by atoms with Gasteiger partial charge in [0.05, 0.1) is 0 Å². The van der Waals surface area contributed by atoms with Gasteiger partial charge in [-0.3, -0.25) is 0 Å². The number of hydrogen-bond acceptors (Lipinski definition) is 1. The van der Waals surface area contributed by atoms with Crippen molar-refractivity contribution in [3.05, 3.63) is 46.4 Å². The van der Waals surface area contributed by atoms with E-state index < -0.39 is 0 Å². The van der Waals surface area contributed by atoms with Gasteiger partial charge >= 0.3 is 0 Å². The predicted octanol–water partition coefficient (Wildman–Crippen LogP) is 4.66. The maximum Gasteiger partial charge on any atom is 0.0352 e. The molecule has 0 spiro atoms. The molecule has 0 aromatic heterocycles. The van der Waals surface area contributed by atoms with Crippen LogP contribution in [-0.4, -0.2) is 7.05 Å². The molecule has 0 aliphatic heterocycles. The molecule has 1 saturated carbocycles. The summed E-state index contributed by atoms with van der Waals surface area (Å²) in [4.78, 5) is 0. The molecule has 94 valence electrons. The number of hydrogen-bond donors (Lipinski definition) is 1. The summed E-state index contributed by atoms with van der Waals surface area (Å²) in [5, 5.41) is 6.20. The first kappa shape index (κ1) is 12.2. The third kappa shape index (κ3) is 1.98. The van der Waals surface area contributed by atoms with Gasteiger partial charge in [-0.25, -0.2) is 0 Å². The predicted molar refractivity (Wildman–Crippen MR) is 80.8 cm³/mol. The molecule has 0 bridgehead atoms. The second kappa shape index (κ2) is 5.02. The van der Waals surface area contributed by atoms with E-state index in [9.17, 15) is 0 Å². The Balaban J connectivity index is 2.13. The normalized spacial score (nSPS) is 17.7. The fourth-order valence-electron chi connectivity index (χ4n) is 2.98. The van der Waals surface area contributed by atoms with Crippen LogP contribution in [0.3, 0.4) is 0 Å². The third-order valence-corrected chi connectivity index (χ3v) is 4.86. The van der Waals surface area contributed by atoms with Crippen molar-refractivity contribution < 1.29 is 0 Å². The highest BCUT2D eigenvalue weighted by Crippen LogP contribution is 2.40. The number of halogens is 1. The van der Waals surface area contributed by atoms with E-state index in [1.807, 2.05) is 0 Å². The molecule has 1 nitrogen and oxygen atoms in total. The van der Waals surface area contributed by atoms with Crippen LogP contribution >= 0.6 is 15.9 Å². The van der Waals surface area contributed by atoms with Crippen molar-refractivity contribution in [3.63, 3.8) is 0 Å². The summed E-state index contributed by atoms with van der Waals surface area (Å²) in [5.74, 6) is 0.805. The molecule has 1 atom stereocenters.